The minimum absolute atomic E-state index is 0.171. The van der Waals surface area contributed by atoms with Crippen molar-refractivity contribution in [3.05, 3.63) is 71.8 Å². The highest BCUT2D eigenvalue weighted by Crippen LogP contribution is 2.29. The second-order valence-electron chi connectivity index (χ2n) is 8.83. The molecule has 2 aromatic rings. The van der Waals surface area contributed by atoms with Crippen molar-refractivity contribution in [1.82, 2.24) is 14.9 Å². The van der Waals surface area contributed by atoms with E-state index in [9.17, 15) is 18.0 Å². The number of nitrogens with one attached hydrogen (secondary N) is 2. The standard InChI is InChI=1S/C26H31N3O5S/c1-2-24(30)28-18-19-11-15-29(16-12-19)35(32,33)23-8-6-22(7-9-23)26(31)27-14-10-20-4-3-5-21-13-17-34-25(20)21/h2-9,19H,1,10-18H2,(H,27,31)(H,28,30). The van der Waals surface area contributed by atoms with E-state index in [1.165, 1.54) is 28.1 Å². The molecule has 0 saturated carbocycles. The normalized spacial score (nSPS) is 16.2. The summed E-state index contributed by atoms with van der Waals surface area (Å²) in [6.07, 6.45) is 4.15. The van der Waals surface area contributed by atoms with Gasteiger partial charge in [0.25, 0.3) is 5.91 Å². The van der Waals surface area contributed by atoms with Crippen LogP contribution in [0.15, 0.2) is 60.0 Å². The zero-order valence-corrected chi connectivity index (χ0v) is 20.5. The van der Waals surface area contributed by atoms with Crippen LogP contribution in [0.2, 0.25) is 0 Å². The largest absolute Gasteiger partial charge is 0.493 e. The highest BCUT2D eigenvalue weighted by atomic mass is 32.2. The summed E-state index contributed by atoms with van der Waals surface area (Å²) in [4.78, 5) is 24.1. The molecule has 2 N–H and O–H groups in total. The minimum Gasteiger partial charge on any atom is -0.493 e. The zero-order valence-electron chi connectivity index (χ0n) is 19.7. The Balaban J connectivity index is 1.28. The number of ether oxygens (including phenoxy) is 1. The van der Waals surface area contributed by atoms with Gasteiger partial charge in [-0.1, -0.05) is 24.8 Å². The summed E-state index contributed by atoms with van der Waals surface area (Å²) in [6.45, 7) is 5.89. The molecule has 2 amide bonds. The Morgan fingerprint density at radius 3 is 2.54 bits per heavy atom. The maximum absolute atomic E-state index is 13.0. The molecule has 0 spiro atoms. The van der Waals surface area contributed by atoms with Crippen molar-refractivity contribution >= 4 is 21.8 Å². The number of para-hydroxylation sites is 1. The maximum Gasteiger partial charge on any atom is 0.251 e. The second kappa shape index (κ2) is 11.0. The number of rotatable bonds is 9. The first kappa shape index (κ1) is 24.9. The molecule has 8 nitrogen and oxygen atoms in total. The van der Waals surface area contributed by atoms with Crippen molar-refractivity contribution in [2.45, 2.75) is 30.6 Å². The van der Waals surface area contributed by atoms with Crippen LogP contribution in [0.25, 0.3) is 0 Å². The molecule has 2 aliphatic rings. The number of sulfonamides is 1. The highest BCUT2D eigenvalue weighted by Gasteiger charge is 2.29. The van der Waals surface area contributed by atoms with Gasteiger partial charge in [-0.05, 0) is 66.6 Å². The molecule has 35 heavy (non-hydrogen) atoms. The van der Waals surface area contributed by atoms with Gasteiger partial charge in [0.2, 0.25) is 15.9 Å². The first-order chi connectivity index (χ1) is 16.9. The Kier molecular flexibility index (Phi) is 7.87. The predicted molar refractivity (Wildman–Crippen MR) is 133 cm³/mol. The van der Waals surface area contributed by atoms with E-state index in [0.29, 0.717) is 57.6 Å². The van der Waals surface area contributed by atoms with Gasteiger partial charge in [0.1, 0.15) is 5.75 Å². The molecule has 0 atom stereocenters. The Morgan fingerprint density at radius 2 is 1.83 bits per heavy atom. The van der Waals surface area contributed by atoms with Gasteiger partial charge in [0, 0.05) is 38.2 Å². The third-order valence-electron chi connectivity index (χ3n) is 6.55. The van der Waals surface area contributed by atoms with E-state index in [1.54, 1.807) is 12.1 Å². The van der Waals surface area contributed by atoms with Crippen LogP contribution in [0.1, 0.15) is 34.3 Å². The van der Waals surface area contributed by atoms with Crippen LogP contribution in [-0.4, -0.2) is 57.3 Å². The van der Waals surface area contributed by atoms with Gasteiger partial charge in [-0.2, -0.15) is 4.31 Å². The van der Waals surface area contributed by atoms with Crippen molar-refractivity contribution in [1.29, 1.82) is 0 Å². The number of carbonyl (C=O) groups is 2. The van der Waals surface area contributed by atoms with Crippen LogP contribution in [0.3, 0.4) is 0 Å². The number of benzene rings is 2. The highest BCUT2D eigenvalue weighted by molar-refractivity contribution is 7.89. The SMILES string of the molecule is C=CC(=O)NCC1CCN(S(=O)(=O)c2ccc(C(=O)NCCc3cccc4c3OCC4)cc2)CC1. The van der Waals surface area contributed by atoms with Gasteiger partial charge in [-0.25, -0.2) is 8.42 Å². The number of hydrogen-bond donors (Lipinski definition) is 2. The van der Waals surface area contributed by atoms with Crippen LogP contribution in [0.4, 0.5) is 0 Å². The Labute approximate surface area is 206 Å². The molecule has 2 heterocycles. The number of carbonyl (C=O) groups excluding carboxylic acids is 2. The third-order valence-corrected chi connectivity index (χ3v) is 8.47. The van der Waals surface area contributed by atoms with Crippen LogP contribution >= 0.6 is 0 Å². The molecular weight excluding hydrogens is 466 g/mol. The van der Waals surface area contributed by atoms with E-state index in [-0.39, 0.29) is 22.6 Å². The number of fused-ring (bicyclic) bond motifs is 1. The third kappa shape index (κ3) is 5.91. The summed E-state index contributed by atoms with van der Waals surface area (Å²) in [5.74, 6) is 0.702. The molecule has 4 rings (SSSR count). The number of piperidine rings is 1. The van der Waals surface area contributed by atoms with Crippen molar-refractivity contribution in [3.63, 3.8) is 0 Å². The first-order valence-electron chi connectivity index (χ1n) is 11.9. The lowest BCUT2D eigenvalue weighted by molar-refractivity contribution is -0.116. The van der Waals surface area contributed by atoms with E-state index in [1.807, 2.05) is 12.1 Å². The lowest BCUT2D eigenvalue weighted by atomic mass is 9.98. The van der Waals surface area contributed by atoms with E-state index < -0.39 is 10.0 Å². The van der Waals surface area contributed by atoms with E-state index >= 15 is 0 Å². The van der Waals surface area contributed by atoms with E-state index in [4.69, 9.17) is 4.74 Å². The zero-order chi connectivity index (χ0) is 24.8. The summed E-state index contributed by atoms with van der Waals surface area (Å²) in [5.41, 5.74) is 2.69. The topological polar surface area (TPSA) is 105 Å². The first-order valence-corrected chi connectivity index (χ1v) is 13.3. The average Bonchev–Trinajstić information content (AvgIpc) is 3.37. The van der Waals surface area contributed by atoms with Crippen molar-refractivity contribution in [2.75, 3.05) is 32.8 Å². The summed E-state index contributed by atoms with van der Waals surface area (Å²) in [7, 11) is -3.64. The molecule has 0 aromatic heterocycles. The lowest BCUT2D eigenvalue weighted by Gasteiger charge is -2.31. The second-order valence-corrected chi connectivity index (χ2v) is 10.8. The molecule has 0 unspecified atom stereocenters. The van der Waals surface area contributed by atoms with E-state index in [0.717, 1.165) is 17.7 Å². The smallest absolute Gasteiger partial charge is 0.251 e. The van der Waals surface area contributed by atoms with Crippen molar-refractivity contribution in [2.24, 2.45) is 5.92 Å². The fraction of sp³-hybridized carbons (Fsp3) is 0.385. The fourth-order valence-corrected chi connectivity index (χ4v) is 5.96. The van der Waals surface area contributed by atoms with Crippen LogP contribution in [0.5, 0.6) is 5.75 Å². The van der Waals surface area contributed by atoms with Gasteiger partial charge >= 0.3 is 0 Å². The Bertz CT molecular complexity index is 1190. The minimum atomic E-state index is -3.64. The Hall–Kier alpha value is -3.17. The average molecular weight is 498 g/mol. The monoisotopic (exact) mass is 497 g/mol. The Morgan fingerprint density at radius 1 is 1.09 bits per heavy atom. The molecule has 9 heteroatoms. The molecule has 0 bridgehead atoms. The van der Waals surface area contributed by atoms with Crippen LogP contribution in [0, 0.1) is 5.92 Å². The van der Waals surface area contributed by atoms with E-state index in [2.05, 4.69) is 23.3 Å². The predicted octanol–water partition coefficient (Wildman–Crippen LogP) is 2.30. The van der Waals surface area contributed by atoms with Gasteiger partial charge in [-0.3, -0.25) is 9.59 Å². The summed E-state index contributed by atoms with van der Waals surface area (Å²) in [6, 6.07) is 12.1. The van der Waals surface area contributed by atoms with Crippen molar-refractivity contribution in [3.8, 4) is 5.75 Å². The van der Waals surface area contributed by atoms with Gasteiger partial charge in [0.15, 0.2) is 0 Å². The summed E-state index contributed by atoms with van der Waals surface area (Å²) >= 11 is 0. The number of hydrogen-bond acceptors (Lipinski definition) is 5. The van der Waals surface area contributed by atoms with Gasteiger partial charge < -0.3 is 15.4 Å². The molecule has 2 aliphatic heterocycles. The molecule has 1 fully saturated rings. The quantitative estimate of drug-likeness (QED) is 0.518. The van der Waals surface area contributed by atoms with Gasteiger partial charge in [0.05, 0.1) is 11.5 Å². The molecule has 0 aliphatic carbocycles. The lowest BCUT2D eigenvalue weighted by Crippen LogP contribution is -2.41. The molecular formula is C26H31N3O5S. The molecule has 1 saturated heterocycles. The fourth-order valence-electron chi connectivity index (χ4n) is 4.49. The molecule has 186 valence electrons. The van der Waals surface area contributed by atoms with Crippen LogP contribution < -0.4 is 15.4 Å². The summed E-state index contributed by atoms with van der Waals surface area (Å²) < 4.78 is 33.3. The maximum atomic E-state index is 13.0. The molecule has 0 radical (unpaired) electrons. The molecule has 2 aromatic carbocycles. The van der Waals surface area contributed by atoms with Crippen LogP contribution in [-0.2, 0) is 27.7 Å². The van der Waals surface area contributed by atoms with Gasteiger partial charge in [-0.15, -0.1) is 0 Å². The number of nitrogens with zero attached hydrogens (tertiary/aromatic N) is 1. The number of amides is 2. The van der Waals surface area contributed by atoms with Crippen molar-refractivity contribution < 1.29 is 22.7 Å². The summed E-state index contributed by atoms with van der Waals surface area (Å²) in [5, 5.41) is 5.67.